The number of rotatable bonds is 0. The third-order valence-corrected chi connectivity index (χ3v) is 6.72. The molecule has 0 heteroatoms. The topological polar surface area (TPSA) is 0 Å². The van der Waals surface area contributed by atoms with Gasteiger partial charge in [0.05, 0.1) is 22.4 Å². The van der Waals surface area contributed by atoms with E-state index in [4.69, 9.17) is 0 Å². The Morgan fingerprint density at radius 2 is 1.25 bits per heavy atom. The van der Waals surface area contributed by atoms with Gasteiger partial charge in [-0.05, 0) is 51.4 Å². The van der Waals surface area contributed by atoms with Crippen molar-refractivity contribution in [3.63, 3.8) is 0 Å². The second kappa shape index (κ2) is 4.43. The Bertz CT molecular complexity index is 1620. The largest absolute Gasteiger partial charge is 0.156 e. The highest BCUT2D eigenvalue weighted by Crippen LogP contribution is 2.50. The summed E-state index contributed by atoms with van der Waals surface area (Å²) in [5.74, 6) is 0. The van der Waals surface area contributed by atoms with Gasteiger partial charge in [0.1, 0.15) is 0 Å². The first-order valence-electron chi connectivity index (χ1n) is 10.0. The van der Waals surface area contributed by atoms with Crippen LogP contribution in [0.1, 0.15) is 37.5 Å². The molecule has 0 amide bonds. The molecule has 0 N–H and O–H groups in total. The van der Waals surface area contributed by atoms with Crippen LogP contribution in [-0.2, 0) is 5.41 Å². The maximum Gasteiger partial charge on any atom is 0.156 e. The van der Waals surface area contributed by atoms with Gasteiger partial charge in [0.15, 0.2) is 5.56 Å². The summed E-state index contributed by atoms with van der Waals surface area (Å²) in [6, 6.07) is 20.7. The van der Waals surface area contributed by atoms with Crippen molar-refractivity contribution in [3.05, 3.63) is 77.4 Å². The van der Waals surface area contributed by atoms with Crippen LogP contribution in [-0.4, -0.2) is 0 Å². The Labute approximate surface area is 163 Å². The van der Waals surface area contributed by atoms with E-state index in [1.807, 2.05) is 0 Å². The van der Waals surface area contributed by atoms with E-state index < -0.39 is 0 Å². The Morgan fingerprint density at radius 1 is 0.607 bits per heavy atom. The van der Waals surface area contributed by atoms with Crippen molar-refractivity contribution in [2.75, 3.05) is 0 Å². The van der Waals surface area contributed by atoms with E-state index in [0.717, 1.165) is 0 Å². The van der Waals surface area contributed by atoms with Gasteiger partial charge < -0.3 is 0 Å². The molecule has 0 saturated heterocycles. The highest BCUT2D eigenvalue weighted by Gasteiger charge is 2.29. The molecule has 1 aliphatic rings. The number of hydrogen-bond donors (Lipinski definition) is 0. The fourth-order valence-electron chi connectivity index (χ4n) is 5.52. The second-order valence-corrected chi connectivity index (χ2v) is 9.33. The average molecular weight is 355 g/mol. The highest BCUT2D eigenvalue weighted by molar-refractivity contribution is 6.41. The van der Waals surface area contributed by atoms with Crippen LogP contribution in [0.4, 0.5) is 0 Å². The molecule has 0 radical (unpaired) electrons. The quantitative estimate of drug-likeness (QED) is 0.148. The molecule has 6 aromatic rings. The molecule has 130 valence electrons. The molecule has 0 unspecified atom stereocenters. The first-order valence-corrected chi connectivity index (χ1v) is 10.0. The minimum atomic E-state index is 0.0987. The average Bonchev–Trinajstić information content (AvgIpc) is 2.70. The number of hydrogen-bond acceptors (Lipinski definition) is 0. The summed E-state index contributed by atoms with van der Waals surface area (Å²) in [5, 5.41) is 13.9. The first kappa shape index (κ1) is 14.8. The summed E-state index contributed by atoms with van der Waals surface area (Å²) in [7, 11) is 0. The Morgan fingerprint density at radius 3 is 2.07 bits per heavy atom. The second-order valence-electron chi connectivity index (χ2n) is 9.33. The van der Waals surface area contributed by atoms with Crippen molar-refractivity contribution in [2.45, 2.75) is 26.2 Å². The molecule has 0 bridgehead atoms. The smallest absolute Gasteiger partial charge is 0.0561 e. The summed E-state index contributed by atoms with van der Waals surface area (Å²) < 4.78 is 0. The molecule has 6 aromatic carbocycles. The van der Waals surface area contributed by atoms with Gasteiger partial charge in [-0.3, -0.25) is 0 Å². The van der Waals surface area contributed by atoms with Crippen molar-refractivity contribution < 1.29 is 0 Å². The van der Waals surface area contributed by atoms with Crippen LogP contribution in [0.25, 0.3) is 59.9 Å². The minimum absolute atomic E-state index is 0.0987. The lowest BCUT2D eigenvalue weighted by Crippen LogP contribution is -2.12. The van der Waals surface area contributed by atoms with Crippen molar-refractivity contribution in [1.29, 1.82) is 0 Å². The first-order chi connectivity index (χ1) is 13.5. The minimum Gasteiger partial charge on any atom is -0.0561 e. The van der Waals surface area contributed by atoms with Gasteiger partial charge in [0, 0.05) is 39.1 Å². The van der Waals surface area contributed by atoms with Gasteiger partial charge >= 0.3 is 0 Å². The van der Waals surface area contributed by atoms with Crippen molar-refractivity contribution in [3.8, 4) is 0 Å². The molecule has 0 fully saturated rings. The molecular formula is C28H19+. The van der Waals surface area contributed by atoms with Crippen LogP contribution in [0.2, 0.25) is 0 Å². The zero-order chi connectivity index (χ0) is 18.8. The standard InChI is InChI=1S/C28H19/c1-28(2,3)21-14-19-11-10-17-7-5-15-4-6-16-8-9-18-12-13-20(21)27-25(18)23(16)22(15)24(17)26(19)27/h5-14H,1-3H3/q+1. The molecular weight excluding hydrogens is 336 g/mol. The summed E-state index contributed by atoms with van der Waals surface area (Å²) in [6.07, 6.45) is 5.71. The van der Waals surface area contributed by atoms with Crippen LogP contribution < -0.4 is 0 Å². The van der Waals surface area contributed by atoms with Gasteiger partial charge in [-0.15, -0.1) is 0 Å². The lowest BCUT2D eigenvalue weighted by atomic mass is 9.76. The van der Waals surface area contributed by atoms with E-state index in [1.165, 1.54) is 70.6 Å². The summed E-state index contributed by atoms with van der Waals surface area (Å²) in [5.41, 5.74) is 4.05. The Balaban J connectivity index is 1.97. The molecule has 0 nitrogen and oxygen atoms in total. The van der Waals surface area contributed by atoms with Crippen LogP contribution in [0.3, 0.4) is 0 Å². The number of benzene rings is 6. The van der Waals surface area contributed by atoms with Crippen molar-refractivity contribution >= 4 is 59.9 Å². The molecule has 0 atom stereocenters. The van der Waals surface area contributed by atoms with Crippen LogP contribution in [0.15, 0.2) is 54.6 Å². The maximum absolute atomic E-state index is 3.54. The monoisotopic (exact) mass is 355 g/mol. The van der Waals surface area contributed by atoms with E-state index in [1.54, 1.807) is 0 Å². The molecule has 28 heavy (non-hydrogen) atoms. The van der Waals surface area contributed by atoms with E-state index in [9.17, 15) is 0 Å². The third-order valence-electron chi connectivity index (χ3n) is 6.72. The van der Waals surface area contributed by atoms with Crippen molar-refractivity contribution in [2.24, 2.45) is 0 Å². The summed E-state index contributed by atoms with van der Waals surface area (Å²) in [6.45, 7) is 6.98. The Kier molecular flexibility index (Phi) is 2.34. The molecule has 0 heterocycles. The summed E-state index contributed by atoms with van der Waals surface area (Å²) in [4.78, 5) is 0. The lowest BCUT2D eigenvalue weighted by Gasteiger charge is -2.25. The van der Waals surface area contributed by atoms with E-state index in [2.05, 4.69) is 87.5 Å². The van der Waals surface area contributed by atoms with Crippen molar-refractivity contribution in [1.82, 2.24) is 0 Å². The molecule has 0 aliphatic heterocycles. The lowest BCUT2D eigenvalue weighted by molar-refractivity contribution is 0.596. The van der Waals surface area contributed by atoms with Gasteiger partial charge in [0.25, 0.3) is 0 Å². The molecule has 0 aromatic heterocycles. The predicted octanol–water partition coefficient (Wildman–Crippen LogP) is 7.80. The van der Waals surface area contributed by atoms with Crippen LogP contribution in [0.5, 0.6) is 0 Å². The predicted molar refractivity (Wildman–Crippen MR) is 122 cm³/mol. The van der Waals surface area contributed by atoms with Crippen LogP contribution >= 0.6 is 0 Å². The molecule has 1 aliphatic carbocycles. The zero-order valence-electron chi connectivity index (χ0n) is 16.3. The third kappa shape index (κ3) is 1.54. The fourth-order valence-corrected chi connectivity index (χ4v) is 5.52. The van der Waals surface area contributed by atoms with Gasteiger partial charge in [0.2, 0.25) is 0 Å². The fraction of sp³-hybridized carbons (Fsp3) is 0.143. The van der Waals surface area contributed by atoms with Gasteiger partial charge in [-0.25, -0.2) is 0 Å². The van der Waals surface area contributed by atoms with Gasteiger partial charge in [-0.1, -0.05) is 45.0 Å². The van der Waals surface area contributed by atoms with E-state index in [0.29, 0.717) is 0 Å². The zero-order valence-corrected chi connectivity index (χ0v) is 16.3. The van der Waals surface area contributed by atoms with Gasteiger partial charge in [-0.2, -0.15) is 0 Å². The maximum atomic E-state index is 3.54. The summed E-state index contributed by atoms with van der Waals surface area (Å²) >= 11 is 0. The van der Waals surface area contributed by atoms with E-state index >= 15 is 0 Å². The normalized spacial score (nSPS) is 13.8. The molecule has 7 rings (SSSR count). The molecule has 0 saturated carbocycles. The van der Waals surface area contributed by atoms with E-state index in [-0.39, 0.29) is 5.41 Å². The Hall–Kier alpha value is -3.21. The highest BCUT2D eigenvalue weighted by atomic mass is 14.3. The van der Waals surface area contributed by atoms with Crippen LogP contribution in [0, 0.1) is 6.08 Å². The SMILES string of the molecule is CC(C)(C)c1cc2ccc3ccc4c5c6c(ccc7ccc1c(c76)c2c35)C=[C+]4. The molecule has 0 spiro atoms.